The van der Waals surface area contributed by atoms with Gasteiger partial charge in [0.1, 0.15) is 0 Å². The van der Waals surface area contributed by atoms with Crippen molar-refractivity contribution in [2.24, 2.45) is 0 Å². The Morgan fingerprint density at radius 1 is 1.50 bits per heavy atom. The van der Waals surface area contributed by atoms with Crippen LogP contribution in [0.25, 0.3) is 0 Å². The standard InChI is InChI=1S/C13H20N2O/c1-10-6-12(8-15(10)13-2-3-13)14-7-11-4-5-16-9-11/h4-5,9-10,12-14H,2-3,6-8H2,1H3. The van der Waals surface area contributed by atoms with Crippen LogP contribution in [0.2, 0.25) is 0 Å². The van der Waals surface area contributed by atoms with E-state index in [1.807, 2.05) is 12.3 Å². The van der Waals surface area contributed by atoms with Gasteiger partial charge in [0, 0.05) is 36.8 Å². The van der Waals surface area contributed by atoms with Gasteiger partial charge < -0.3 is 9.73 Å². The fraction of sp³-hybridized carbons (Fsp3) is 0.692. The van der Waals surface area contributed by atoms with Gasteiger partial charge >= 0.3 is 0 Å². The SMILES string of the molecule is CC1CC(NCc2ccoc2)CN1C1CC1. The van der Waals surface area contributed by atoms with Gasteiger partial charge in [0.25, 0.3) is 0 Å². The van der Waals surface area contributed by atoms with E-state index < -0.39 is 0 Å². The van der Waals surface area contributed by atoms with Gasteiger partial charge in [-0.25, -0.2) is 0 Å². The summed E-state index contributed by atoms with van der Waals surface area (Å²) in [7, 11) is 0. The van der Waals surface area contributed by atoms with Crippen molar-refractivity contribution in [2.75, 3.05) is 6.54 Å². The second kappa shape index (κ2) is 4.22. The first-order chi connectivity index (χ1) is 7.83. The van der Waals surface area contributed by atoms with Crippen LogP contribution in [0.4, 0.5) is 0 Å². The topological polar surface area (TPSA) is 28.4 Å². The number of hydrogen-bond acceptors (Lipinski definition) is 3. The Labute approximate surface area is 96.8 Å². The molecule has 3 nitrogen and oxygen atoms in total. The molecule has 2 atom stereocenters. The average molecular weight is 220 g/mol. The number of hydrogen-bond donors (Lipinski definition) is 1. The Morgan fingerprint density at radius 2 is 2.38 bits per heavy atom. The quantitative estimate of drug-likeness (QED) is 0.841. The molecule has 2 heterocycles. The van der Waals surface area contributed by atoms with E-state index in [-0.39, 0.29) is 0 Å². The molecule has 0 spiro atoms. The number of nitrogens with zero attached hydrogens (tertiary/aromatic N) is 1. The third-order valence-electron chi connectivity index (χ3n) is 3.81. The molecule has 0 radical (unpaired) electrons. The zero-order chi connectivity index (χ0) is 11.0. The summed E-state index contributed by atoms with van der Waals surface area (Å²) in [6, 6.07) is 4.35. The van der Waals surface area contributed by atoms with Crippen molar-refractivity contribution in [3.05, 3.63) is 24.2 Å². The summed E-state index contributed by atoms with van der Waals surface area (Å²) < 4.78 is 5.07. The van der Waals surface area contributed by atoms with Crippen molar-refractivity contribution in [1.29, 1.82) is 0 Å². The minimum absolute atomic E-state index is 0.658. The van der Waals surface area contributed by atoms with E-state index in [0.29, 0.717) is 6.04 Å². The Bertz CT molecular complexity index is 332. The van der Waals surface area contributed by atoms with Crippen LogP contribution in [0.5, 0.6) is 0 Å². The molecule has 3 heteroatoms. The molecule has 2 aliphatic rings. The van der Waals surface area contributed by atoms with Gasteiger partial charge in [-0.1, -0.05) is 0 Å². The molecule has 0 amide bonds. The molecule has 2 fully saturated rings. The molecule has 1 saturated carbocycles. The first-order valence-electron chi connectivity index (χ1n) is 6.33. The van der Waals surface area contributed by atoms with Gasteiger partial charge in [-0.05, 0) is 32.3 Å². The molecular formula is C13H20N2O. The Kier molecular flexibility index (Phi) is 2.74. The van der Waals surface area contributed by atoms with Gasteiger partial charge in [0.2, 0.25) is 0 Å². The molecule has 88 valence electrons. The molecular weight excluding hydrogens is 200 g/mol. The fourth-order valence-electron chi connectivity index (χ4n) is 2.77. The molecule has 1 aromatic rings. The van der Waals surface area contributed by atoms with Crippen LogP contribution in [-0.2, 0) is 6.54 Å². The van der Waals surface area contributed by atoms with Gasteiger partial charge in [-0.3, -0.25) is 4.90 Å². The van der Waals surface area contributed by atoms with Gasteiger partial charge in [-0.15, -0.1) is 0 Å². The second-order valence-electron chi connectivity index (χ2n) is 5.22. The van der Waals surface area contributed by atoms with E-state index in [4.69, 9.17) is 4.42 Å². The van der Waals surface area contributed by atoms with E-state index in [2.05, 4.69) is 17.1 Å². The molecule has 0 aromatic carbocycles. The number of furan rings is 1. The zero-order valence-electron chi connectivity index (χ0n) is 9.86. The van der Waals surface area contributed by atoms with Crippen LogP contribution in [0, 0.1) is 0 Å². The molecule has 2 unspecified atom stereocenters. The summed E-state index contributed by atoms with van der Waals surface area (Å²) in [5.74, 6) is 0. The van der Waals surface area contributed by atoms with Crippen LogP contribution in [-0.4, -0.2) is 29.6 Å². The maximum absolute atomic E-state index is 5.07. The highest BCUT2D eigenvalue weighted by Crippen LogP contribution is 2.33. The fourth-order valence-corrected chi connectivity index (χ4v) is 2.77. The zero-order valence-corrected chi connectivity index (χ0v) is 9.86. The Morgan fingerprint density at radius 3 is 3.06 bits per heavy atom. The lowest BCUT2D eigenvalue weighted by molar-refractivity contribution is 0.255. The summed E-state index contributed by atoms with van der Waals surface area (Å²) in [6.07, 6.45) is 7.68. The van der Waals surface area contributed by atoms with Crippen molar-refractivity contribution in [2.45, 2.75) is 50.9 Å². The first kappa shape index (κ1) is 10.4. The lowest BCUT2D eigenvalue weighted by Gasteiger charge is -2.19. The third-order valence-corrected chi connectivity index (χ3v) is 3.81. The molecule has 3 rings (SSSR count). The lowest BCUT2D eigenvalue weighted by atomic mass is 10.2. The predicted molar refractivity (Wildman–Crippen MR) is 63.1 cm³/mol. The Hall–Kier alpha value is -0.800. The van der Waals surface area contributed by atoms with E-state index >= 15 is 0 Å². The maximum Gasteiger partial charge on any atom is 0.0947 e. The molecule has 1 saturated heterocycles. The lowest BCUT2D eigenvalue weighted by Crippen LogP contribution is -2.33. The largest absolute Gasteiger partial charge is 0.472 e. The van der Waals surface area contributed by atoms with Crippen LogP contribution in [0.1, 0.15) is 31.7 Å². The minimum atomic E-state index is 0.658. The van der Waals surface area contributed by atoms with E-state index in [9.17, 15) is 0 Å². The van der Waals surface area contributed by atoms with Crippen LogP contribution in [0.3, 0.4) is 0 Å². The summed E-state index contributed by atoms with van der Waals surface area (Å²) in [6.45, 7) is 4.52. The van der Waals surface area contributed by atoms with Gasteiger partial charge in [-0.2, -0.15) is 0 Å². The molecule has 1 aliphatic carbocycles. The van der Waals surface area contributed by atoms with Gasteiger partial charge in [0.05, 0.1) is 12.5 Å². The predicted octanol–water partition coefficient (Wildman–Crippen LogP) is 1.99. The molecule has 1 aromatic heterocycles. The number of nitrogens with one attached hydrogen (secondary N) is 1. The van der Waals surface area contributed by atoms with E-state index in [1.165, 1.54) is 31.4 Å². The average Bonchev–Trinajstić information content (AvgIpc) is 2.85. The van der Waals surface area contributed by atoms with Crippen molar-refractivity contribution >= 4 is 0 Å². The van der Waals surface area contributed by atoms with Crippen LogP contribution in [0.15, 0.2) is 23.0 Å². The minimum Gasteiger partial charge on any atom is -0.472 e. The number of rotatable bonds is 4. The highest BCUT2D eigenvalue weighted by molar-refractivity contribution is 5.05. The second-order valence-corrected chi connectivity index (χ2v) is 5.22. The molecule has 0 bridgehead atoms. The van der Waals surface area contributed by atoms with Crippen molar-refractivity contribution in [3.8, 4) is 0 Å². The summed E-state index contributed by atoms with van der Waals surface area (Å²) >= 11 is 0. The molecule has 16 heavy (non-hydrogen) atoms. The van der Waals surface area contributed by atoms with Crippen molar-refractivity contribution < 1.29 is 4.42 Å². The number of likely N-dealkylation sites (tertiary alicyclic amines) is 1. The monoisotopic (exact) mass is 220 g/mol. The van der Waals surface area contributed by atoms with Crippen molar-refractivity contribution in [1.82, 2.24) is 10.2 Å². The third kappa shape index (κ3) is 2.15. The van der Waals surface area contributed by atoms with E-state index in [0.717, 1.165) is 18.6 Å². The first-order valence-corrected chi connectivity index (χ1v) is 6.33. The smallest absolute Gasteiger partial charge is 0.0947 e. The maximum atomic E-state index is 5.07. The van der Waals surface area contributed by atoms with E-state index in [1.54, 1.807) is 6.26 Å². The highest BCUT2D eigenvalue weighted by Gasteiger charge is 2.38. The summed E-state index contributed by atoms with van der Waals surface area (Å²) in [5.41, 5.74) is 1.25. The van der Waals surface area contributed by atoms with Crippen LogP contribution < -0.4 is 5.32 Å². The summed E-state index contributed by atoms with van der Waals surface area (Å²) in [4.78, 5) is 2.67. The van der Waals surface area contributed by atoms with Crippen LogP contribution >= 0.6 is 0 Å². The molecule has 1 aliphatic heterocycles. The Balaban J connectivity index is 1.49. The normalized spacial score (nSPS) is 31.1. The summed E-state index contributed by atoms with van der Waals surface area (Å²) in [5, 5.41) is 3.63. The van der Waals surface area contributed by atoms with Crippen molar-refractivity contribution in [3.63, 3.8) is 0 Å². The van der Waals surface area contributed by atoms with Gasteiger partial charge in [0.15, 0.2) is 0 Å². The highest BCUT2D eigenvalue weighted by atomic mass is 16.3. The molecule has 1 N–H and O–H groups in total.